The van der Waals surface area contributed by atoms with Gasteiger partial charge in [-0.25, -0.2) is 9.59 Å². The van der Waals surface area contributed by atoms with Gasteiger partial charge in [-0.2, -0.15) is 13.2 Å². The van der Waals surface area contributed by atoms with Crippen LogP contribution in [0.4, 0.5) is 23.7 Å². The number of amides is 2. The molecule has 1 aromatic heterocycles. The summed E-state index contributed by atoms with van der Waals surface area (Å²) in [6.07, 6.45) is -3.52. The van der Waals surface area contributed by atoms with Gasteiger partial charge in [0.1, 0.15) is 0 Å². The van der Waals surface area contributed by atoms with Crippen LogP contribution < -0.4 is 10.6 Å². The van der Waals surface area contributed by atoms with Gasteiger partial charge in [0.05, 0.1) is 16.6 Å². The van der Waals surface area contributed by atoms with Gasteiger partial charge in [-0.05, 0) is 35.4 Å². The number of aromatic carboxylic acids is 1. The molecule has 0 fully saturated rings. The minimum Gasteiger partial charge on any atom is -0.478 e. The number of ketones is 1. The lowest BCUT2D eigenvalue weighted by atomic mass is 9.91. The summed E-state index contributed by atoms with van der Waals surface area (Å²) < 4.78 is 41.6. The van der Waals surface area contributed by atoms with E-state index in [1.165, 1.54) is 18.2 Å². The number of nitrogens with zero attached hydrogens (tertiary/aromatic N) is 1. The number of benzene rings is 4. The third-order valence-corrected chi connectivity index (χ3v) is 6.58. The fourth-order valence-corrected chi connectivity index (χ4v) is 4.67. The first-order valence-corrected chi connectivity index (χ1v) is 12.7. The lowest BCUT2D eigenvalue weighted by molar-refractivity contribution is -0.136. The molecule has 1 heterocycles. The Hall–Kier alpha value is -5.51. The number of nitrogens with one attached hydrogen (secondary N) is 2. The summed E-state index contributed by atoms with van der Waals surface area (Å²) in [5.41, 5.74) is 0.566. The van der Waals surface area contributed by atoms with Crippen molar-refractivity contribution in [3.8, 4) is 11.1 Å². The number of carbonyl (C=O) groups excluding carboxylic acids is 2. The van der Waals surface area contributed by atoms with Crippen molar-refractivity contribution in [2.45, 2.75) is 12.7 Å². The molecule has 4 aromatic carbocycles. The molecule has 0 aliphatic rings. The van der Waals surface area contributed by atoms with Crippen LogP contribution in [-0.2, 0) is 12.7 Å². The summed E-state index contributed by atoms with van der Waals surface area (Å²) in [5.74, 6) is -1.55. The predicted octanol–water partition coefficient (Wildman–Crippen LogP) is 7.17. The largest absolute Gasteiger partial charge is 0.478 e. The fraction of sp³-hybridized carbons (Fsp3) is 0.0625. The number of halogens is 3. The number of carbonyl (C=O) groups is 3. The molecule has 5 aromatic rings. The standard InChI is InChI=1S/C32H22F3N3O4/c33-32(34,35)26-15-7-14-24-27(25(18-36-28(24)26)29(39)19-8-2-1-3-9-19)20-11-6-12-22(16-20)38-31(42)37-17-21-10-4-5-13-23(21)30(40)41/h1-16,18H,17H2,(H,40,41)(H2,37,38,42). The highest BCUT2D eigenvalue weighted by Gasteiger charge is 2.34. The second-order valence-electron chi connectivity index (χ2n) is 9.29. The molecule has 0 spiro atoms. The Balaban J connectivity index is 1.53. The van der Waals surface area contributed by atoms with Crippen molar-refractivity contribution < 1.29 is 32.7 Å². The van der Waals surface area contributed by atoms with Gasteiger partial charge in [-0.1, -0.05) is 72.8 Å². The van der Waals surface area contributed by atoms with Crippen LogP contribution in [0.1, 0.15) is 37.4 Å². The van der Waals surface area contributed by atoms with Gasteiger partial charge in [0.15, 0.2) is 5.78 Å². The highest BCUT2D eigenvalue weighted by atomic mass is 19.4. The van der Waals surface area contributed by atoms with Crippen molar-refractivity contribution in [3.63, 3.8) is 0 Å². The molecule has 3 N–H and O–H groups in total. The highest BCUT2D eigenvalue weighted by molar-refractivity contribution is 6.17. The van der Waals surface area contributed by atoms with Crippen molar-refractivity contribution in [3.05, 3.63) is 131 Å². The molecule has 0 aliphatic carbocycles. The number of urea groups is 1. The summed E-state index contributed by atoms with van der Waals surface area (Å²) in [6, 6.07) is 23.9. The Morgan fingerprint density at radius 2 is 1.52 bits per heavy atom. The third kappa shape index (κ3) is 5.83. The van der Waals surface area contributed by atoms with Crippen LogP contribution in [0, 0.1) is 0 Å². The van der Waals surface area contributed by atoms with E-state index in [4.69, 9.17) is 0 Å². The van der Waals surface area contributed by atoms with Gasteiger partial charge in [0.2, 0.25) is 0 Å². The number of alkyl halides is 3. The first-order valence-electron chi connectivity index (χ1n) is 12.7. The molecule has 0 saturated heterocycles. The van der Waals surface area contributed by atoms with Crippen LogP contribution in [0.15, 0.2) is 103 Å². The number of carboxylic acid groups (broad SMARTS) is 1. The molecule has 0 aliphatic heterocycles. The Kier molecular flexibility index (Phi) is 7.70. The molecule has 210 valence electrons. The quantitative estimate of drug-likeness (QED) is 0.180. The van der Waals surface area contributed by atoms with Crippen LogP contribution in [0.25, 0.3) is 22.0 Å². The second kappa shape index (κ2) is 11.5. The summed E-state index contributed by atoms with van der Waals surface area (Å²) in [4.78, 5) is 41.7. The van der Waals surface area contributed by atoms with E-state index in [1.807, 2.05) is 0 Å². The average Bonchev–Trinajstić information content (AvgIpc) is 2.99. The maximum absolute atomic E-state index is 13.9. The topological polar surface area (TPSA) is 108 Å². The number of anilines is 1. The fourth-order valence-electron chi connectivity index (χ4n) is 4.67. The number of para-hydroxylation sites is 1. The smallest absolute Gasteiger partial charge is 0.418 e. The summed E-state index contributed by atoms with van der Waals surface area (Å²) in [5, 5.41) is 14.7. The zero-order valence-electron chi connectivity index (χ0n) is 21.8. The third-order valence-electron chi connectivity index (χ3n) is 6.58. The molecule has 10 heteroatoms. The molecule has 42 heavy (non-hydrogen) atoms. The molecule has 0 bridgehead atoms. The summed E-state index contributed by atoms with van der Waals surface area (Å²) >= 11 is 0. The number of pyridine rings is 1. The predicted molar refractivity (Wildman–Crippen MR) is 151 cm³/mol. The van der Waals surface area contributed by atoms with E-state index in [-0.39, 0.29) is 34.1 Å². The molecular formula is C32H22F3N3O4. The molecule has 0 atom stereocenters. The van der Waals surface area contributed by atoms with Gasteiger partial charge in [-0.15, -0.1) is 0 Å². The number of hydrogen-bond acceptors (Lipinski definition) is 4. The van der Waals surface area contributed by atoms with E-state index in [0.29, 0.717) is 22.4 Å². The Labute approximate surface area is 237 Å². The van der Waals surface area contributed by atoms with Crippen molar-refractivity contribution >= 4 is 34.4 Å². The van der Waals surface area contributed by atoms with Crippen molar-refractivity contribution in [1.29, 1.82) is 0 Å². The molecule has 2 amide bonds. The van der Waals surface area contributed by atoms with E-state index in [1.54, 1.807) is 72.8 Å². The number of rotatable bonds is 7. The highest BCUT2D eigenvalue weighted by Crippen LogP contribution is 2.39. The Morgan fingerprint density at radius 1 is 0.810 bits per heavy atom. The normalized spacial score (nSPS) is 11.2. The van der Waals surface area contributed by atoms with E-state index in [2.05, 4.69) is 15.6 Å². The minimum absolute atomic E-state index is 0.0539. The summed E-state index contributed by atoms with van der Waals surface area (Å²) in [6.45, 7) is -0.0566. The van der Waals surface area contributed by atoms with Crippen molar-refractivity contribution in [2.75, 3.05) is 5.32 Å². The number of fused-ring (bicyclic) bond motifs is 1. The number of hydrogen-bond donors (Lipinski definition) is 3. The van der Waals surface area contributed by atoms with Crippen LogP contribution >= 0.6 is 0 Å². The molecular weight excluding hydrogens is 547 g/mol. The van der Waals surface area contributed by atoms with E-state index >= 15 is 0 Å². The Morgan fingerprint density at radius 3 is 2.26 bits per heavy atom. The average molecular weight is 570 g/mol. The zero-order chi connectivity index (χ0) is 29.9. The van der Waals surface area contributed by atoms with Crippen molar-refractivity contribution in [1.82, 2.24) is 10.3 Å². The maximum Gasteiger partial charge on any atom is 0.418 e. The molecule has 5 rings (SSSR count). The first-order chi connectivity index (χ1) is 20.1. The lowest BCUT2D eigenvalue weighted by Gasteiger charge is -2.16. The summed E-state index contributed by atoms with van der Waals surface area (Å²) in [7, 11) is 0. The Bertz CT molecular complexity index is 1820. The van der Waals surface area contributed by atoms with E-state index < -0.39 is 29.5 Å². The molecule has 0 unspecified atom stereocenters. The van der Waals surface area contributed by atoms with E-state index in [0.717, 1.165) is 12.3 Å². The number of aromatic nitrogens is 1. The monoisotopic (exact) mass is 569 g/mol. The molecule has 0 saturated carbocycles. The zero-order valence-corrected chi connectivity index (χ0v) is 21.8. The number of carboxylic acids is 1. The van der Waals surface area contributed by atoms with Gasteiger partial charge < -0.3 is 15.7 Å². The van der Waals surface area contributed by atoms with Gasteiger partial charge in [-0.3, -0.25) is 9.78 Å². The molecule has 0 radical (unpaired) electrons. The van der Waals surface area contributed by atoms with Crippen LogP contribution in [0.2, 0.25) is 0 Å². The minimum atomic E-state index is -4.67. The van der Waals surface area contributed by atoms with Crippen LogP contribution in [0.5, 0.6) is 0 Å². The van der Waals surface area contributed by atoms with E-state index in [9.17, 15) is 32.7 Å². The SMILES string of the molecule is O=C(NCc1ccccc1C(=O)O)Nc1cccc(-c2c(C(=O)c3ccccc3)cnc3c(C(F)(F)F)cccc23)c1. The van der Waals surface area contributed by atoms with Gasteiger partial charge in [0, 0.05) is 40.5 Å². The van der Waals surface area contributed by atoms with Crippen LogP contribution in [0.3, 0.4) is 0 Å². The first kappa shape index (κ1) is 28.0. The second-order valence-corrected chi connectivity index (χ2v) is 9.29. The maximum atomic E-state index is 13.9. The van der Waals surface area contributed by atoms with Gasteiger partial charge >= 0.3 is 18.2 Å². The lowest BCUT2D eigenvalue weighted by Crippen LogP contribution is -2.28. The molecule has 7 nitrogen and oxygen atoms in total. The van der Waals surface area contributed by atoms with Crippen molar-refractivity contribution in [2.24, 2.45) is 0 Å². The van der Waals surface area contributed by atoms with Crippen LogP contribution in [-0.4, -0.2) is 27.9 Å². The van der Waals surface area contributed by atoms with Gasteiger partial charge in [0.25, 0.3) is 0 Å².